The van der Waals surface area contributed by atoms with Crippen LogP contribution in [0.2, 0.25) is 0 Å². The lowest BCUT2D eigenvalue weighted by molar-refractivity contribution is -0.137. The van der Waals surface area contributed by atoms with Crippen LogP contribution in [0.1, 0.15) is 83.5 Å². The summed E-state index contributed by atoms with van der Waals surface area (Å²) in [6.45, 7) is 0.402. The molecule has 1 aliphatic carbocycles. The van der Waals surface area contributed by atoms with Crippen molar-refractivity contribution >= 4 is 17.9 Å². The Morgan fingerprint density at radius 3 is 2.41 bits per heavy atom. The highest BCUT2D eigenvalue weighted by Gasteiger charge is 2.37. The number of aliphatic carboxylic acids is 1. The summed E-state index contributed by atoms with van der Waals surface area (Å²) in [4.78, 5) is 36.3. The predicted molar refractivity (Wildman–Crippen MR) is 101 cm³/mol. The number of amides is 3. The van der Waals surface area contributed by atoms with Gasteiger partial charge in [0.05, 0.1) is 6.10 Å². The highest BCUT2D eigenvalue weighted by atomic mass is 16.4. The SMILES string of the molecule is O=C(O)CCCCCCC1C(=O)NC(=O)N1CCC(O)C1CCCCCC1. The third-order valence-electron chi connectivity index (χ3n) is 5.90. The van der Waals surface area contributed by atoms with Crippen molar-refractivity contribution in [2.24, 2.45) is 5.92 Å². The van der Waals surface area contributed by atoms with Crippen LogP contribution in [-0.2, 0) is 9.59 Å². The first-order chi connectivity index (χ1) is 13.0. The third-order valence-corrected chi connectivity index (χ3v) is 5.90. The zero-order valence-electron chi connectivity index (χ0n) is 16.2. The van der Waals surface area contributed by atoms with Crippen molar-refractivity contribution in [3.8, 4) is 0 Å². The molecule has 2 aliphatic rings. The summed E-state index contributed by atoms with van der Waals surface area (Å²) in [7, 11) is 0. The van der Waals surface area contributed by atoms with Gasteiger partial charge in [-0.15, -0.1) is 0 Å². The molecule has 2 fully saturated rings. The lowest BCUT2D eigenvalue weighted by Crippen LogP contribution is -2.38. The molecule has 0 bridgehead atoms. The third kappa shape index (κ3) is 7.13. The summed E-state index contributed by atoms with van der Waals surface area (Å²) >= 11 is 0. The molecule has 3 N–H and O–H groups in total. The van der Waals surface area contributed by atoms with Crippen molar-refractivity contribution in [2.75, 3.05) is 6.54 Å². The van der Waals surface area contributed by atoms with Crippen molar-refractivity contribution < 1.29 is 24.6 Å². The minimum Gasteiger partial charge on any atom is -0.481 e. The Labute approximate surface area is 161 Å². The normalized spacial score (nSPS) is 22.6. The smallest absolute Gasteiger partial charge is 0.324 e. The van der Waals surface area contributed by atoms with Crippen LogP contribution in [0.3, 0.4) is 0 Å². The van der Waals surface area contributed by atoms with Crippen LogP contribution in [0.5, 0.6) is 0 Å². The molecule has 2 rings (SSSR count). The molecule has 0 spiro atoms. The Balaban J connectivity index is 1.74. The Kier molecular flexibility index (Phi) is 9.04. The minimum atomic E-state index is -0.783. The number of carboxylic acids is 1. The van der Waals surface area contributed by atoms with Crippen molar-refractivity contribution in [1.82, 2.24) is 10.2 Å². The monoisotopic (exact) mass is 382 g/mol. The average Bonchev–Trinajstić information content (AvgIpc) is 2.82. The van der Waals surface area contributed by atoms with Gasteiger partial charge in [-0.1, -0.05) is 44.9 Å². The molecular formula is C20H34N2O5. The predicted octanol–water partition coefficient (Wildman–Crippen LogP) is 3.05. The second-order valence-electron chi connectivity index (χ2n) is 7.96. The lowest BCUT2D eigenvalue weighted by atomic mass is 9.92. The Morgan fingerprint density at radius 2 is 1.74 bits per heavy atom. The maximum Gasteiger partial charge on any atom is 0.324 e. The lowest BCUT2D eigenvalue weighted by Gasteiger charge is -2.26. The number of imide groups is 1. The van der Waals surface area contributed by atoms with E-state index in [0.29, 0.717) is 31.7 Å². The molecule has 7 heteroatoms. The fourth-order valence-electron chi connectivity index (χ4n) is 4.26. The van der Waals surface area contributed by atoms with Gasteiger partial charge in [-0.3, -0.25) is 14.9 Å². The van der Waals surface area contributed by atoms with Crippen LogP contribution in [0.4, 0.5) is 4.79 Å². The van der Waals surface area contributed by atoms with Gasteiger partial charge >= 0.3 is 12.0 Å². The van der Waals surface area contributed by atoms with Crippen molar-refractivity contribution in [3.63, 3.8) is 0 Å². The summed E-state index contributed by atoms with van der Waals surface area (Å²) < 4.78 is 0. The number of hydrogen-bond acceptors (Lipinski definition) is 4. The van der Waals surface area contributed by atoms with E-state index in [4.69, 9.17) is 5.11 Å². The van der Waals surface area contributed by atoms with E-state index in [9.17, 15) is 19.5 Å². The number of rotatable bonds is 11. The van der Waals surface area contributed by atoms with Crippen LogP contribution >= 0.6 is 0 Å². The number of nitrogens with zero attached hydrogens (tertiary/aromatic N) is 1. The van der Waals surface area contributed by atoms with E-state index in [0.717, 1.165) is 44.9 Å². The highest BCUT2D eigenvalue weighted by Crippen LogP contribution is 2.27. The van der Waals surface area contributed by atoms with E-state index in [1.807, 2.05) is 0 Å². The Morgan fingerprint density at radius 1 is 1.07 bits per heavy atom. The molecule has 2 unspecified atom stereocenters. The number of nitrogens with one attached hydrogen (secondary N) is 1. The summed E-state index contributed by atoms with van der Waals surface area (Å²) in [5, 5.41) is 21.5. The van der Waals surface area contributed by atoms with Gasteiger partial charge in [0.25, 0.3) is 5.91 Å². The van der Waals surface area contributed by atoms with Gasteiger partial charge in [-0.05, 0) is 38.0 Å². The zero-order chi connectivity index (χ0) is 19.6. The second kappa shape index (κ2) is 11.3. The number of urea groups is 1. The van der Waals surface area contributed by atoms with Gasteiger partial charge in [-0.2, -0.15) is 0 Å². The number of aliphatic hydroxyl groups is 1. The Hall–Kier alpha value is -1.63. The number of aliphatic hydroxyl groups excluding tert-OH is 1. The fourth-order valence-corrected chi connectivity index (χ4v) is 4.26. The minimum absolute atomic E-state index is 0.174. The summed E-state index contributed by atoms with van der Waals surface area (Å²) in [5.74, 6) is -0.731. The van der Waals surface area contributed by atoms with E-state index in [-0.39, 0.29) is 18.4 Å². The molecule has 3 amide bonds. The molecule has 2 atom stereocenters. The molecule has 0 radical (unpaired) electrons. The number of hydrogen-bond donors (Lipinski definition) is 3. The van der Waals surface area contributed by atoms with Gasteiger partial charge in [-0.25, -0.2) is 4.79 Å². The molecule has 27 heavy (non-hydrogen) atoms. The average molecular weight is 383 g/mol. The van der Waals surface area contributed by atoms with E-state index in [2.05, 4.69) is 5.32 Å². The molecule has 1 saturated heterocycles. The van der Waals surface area contributed by atoms with Crippen molar-refractivity contribution in [3.05, 3.63) is 0 Å². The largest absolute Gasteiger partial charge is 0.481 e. The highest BCUT2D eigenvalue weighted by molar-refractivity contribution is 6.04. The first kappa shape index (κ1) is 21.7. The zero-order valence-corrected chi connectivity index (χ0v) is 16.2. The molecule has 0 aromatic heterocycles. The van der Waals surface area contributed by atoms with E-state index in [1.54, 1.807) is 4.90 Å². The molecular weight excluding hydrogens is 348 g/mol. The topological polar surface area (TPSA) is 107 Å². The summed E-state index contributed by atoms with van der Waals surface area (Å²) in [5.41, 5.74) is 0. The standard InChI is InChI=1S/C20H34N2O5/c23-17(15-9-5-1-2-6-10-15)13-14-22-16(19(26)21-20(22)27)11-7-3-4-8-12-18(24)25/h15-17,23H,1-14H2,(H,24,25)(H,21,26,27). The van der Waals surface area contributed by atoms with Gasteiger partial charge in [0.1, 0.15) is 6.04 Å². The van der Waals surface area contributed by atoms with Crippen LogP contribution in [0.25, 0.3) is 0 Å². The van der Waals surface area contributed by atoms with Gasteiger partial charge in [0.2, 0.25) is 0 Å². The second-order valence-corrected chi connectivity index (χ2v) is 7.96. The molecule has 154 valence electrons. The molecule has 7 nitrogen and oxygen atoms in total. The number of carboxylic acid groups (broad SMARTS) is 1. The number of carbonyl (C=O) groups is 3. The molecule has 0 aromatic carbocycles. The Bertz CT molecular complexity index is 503. The van der Waals surface area contributed by atoms with Gasteiger partial charge < -0.3 is 15.1 Å². The molecule has 1 aliphatic heterocycles. The maximum absolute atomic E-state index is 12.1. The number of carbonyl (C=O) groups excluding carboxylic acids is 2. The van der Waals surface area contributed by atoms with Gasteiger partial charge in [0.15, 0.2) is 0 Å². The van der Waals surface area contributed by atoms with Crippen LogP contribution in [-0.4, -0.2) is 51.7 Å². The van der Waals surface area contributed by atoms with Gasteiger partial charge in [0, 0.05) is 13.0 Å². The fraction of sp³-hybridized carbons (Fsp3) is 0.850. The van der Waals surface area contributed by atoms with Crippen LogP contribution < -0.4 is 5.32 Å². The summed E-state index contributed by atoms with van der Waals surface area (Å²) in [6, 6.07) is -0.817. The quantitative estimate of drug-likeness (QED) is 0.289. The molecule has 0 aromatic rings. The van der Waals surface area contributed by atoms with E-state index in [1.165, 1.54) is 12.8 Å². The van der Waals surface area contributed by atoms with E-state index >= 15 is 0 Å². The molecule has 1 heterocycles. The first-order valence-electron chi connectivity index (χ1n) is 10.5. The summed E-state index contributed by atoms with van der Waals surface area (Å²) in [6.07, 6.45) is 10.8. The van der Waals surface area contributed by atoms with Crippen LogP contribution in [0, 0.1) is 5.92 Å². The maximum atomic E-state index is 12.1. The van der Waals surface area contributed by atoms with E-state index < -0.39 is 18.1 Å². The first-order valence-corrected chi connectivity index (χ1v) is 10.5. The van der Waals surface area contributed by atoms with Crippen molar-refractivity contribution in [1.29, 1.82) is 0 Å². The number of unbranched alkanes of at least 4 members (excludes halogenated alkanes) is 3. The van der Waals surface area contributed by atoms with Crippen LogP contribution in [0.15, 0.2) is 0 Å². The molecule has 1 saturated carbocycles. The van der Waals surface area contributed by atoms with Crippen molar-refractivity contribution in [2.45, 2.75) is 95.6 Å².